The number of aromatic nitrogens is 2. The second-order valence-electron chi connectivity index (χ2n) is 5.72. The van der Waals surface area contributed by atoms with E-state index in [1.165, 1.54) is 23.6 Å². The summed E-state index contributed by atoms with van der Waals surface area (Å²) in [7, 11) is 0. The summed E-state index contributed by atoms with van der Waals surface area (Å²) < 4.78 is 0. The minimum absolute atomic E-state index is 0.0145. The van der Waals surface area contributed by atoms with E-state index < -0.39 is 11.5 Å². The number of anilines is 1. The van der Waals surface area contributed by atoms with Crippen molar-refractivity contribution in [3.05, 3.63) is 45.3 Å². The van der Waals surface area contributed by atoms with Gasteiger partial charge in [0.25, 0.3) is 11.5 Å². The molecule has 2 aromatic heterocycles. The maximum atomic E-state index is 12.0. The van der Waals surface area contributed by atoms with Crippen molar-refractivity contribution >= 4 is 28.3 Å². The van der Waals surface area contributed by atoms with E-state index in [1.807, 2.05) is 0 Å². The summed E-state index contributed by atoms with van der Waals surface area (Å²) in [5.41, 5.74) is 0.135. The highest BCUT2D eigenvalue weighted by Gasteiger charge is 2.13. The number of H-pyrrole nitrogens is 1. The number of amides is 2. The second-order valence-corrected chi connectivity index (χ2v) is 6.58. The number of hydrogen-bond donors (Lipinski definition) is 3. The summed E-state index contributed by atoms with van der Waals surface area (Å²) in [6.07, 6.45) is 2.55. The Balaban J connectivity index is 1.89. The molecule has 0 radical (unpaired) electrons. The Kier molecular flexibility index (Phi) is 6.25. The monoisotopic (exact) mass is 348 g/mol. The van der Waals surface area contributed by atoms with Crippen LogP contribution in [0.3, 0.4) is 0 Å². The molecule has 128 valence electrons. The Labute approximate surface area is 143 Å². The molecule has 8 heteroatoms. The van der Waals surface area contributed by atoms with Crippen LogP contribution in [0.1, 0.15) is 36.3 Å². The first-order valence-electron chi connectivity index (χ1n) is 7.66. The zero-order valence-corrected chi connectivity index (χ0v) is 14.4. The van der Waals surface area contributed by atoms with Crippen LogP contribution >= 0.6 is 11.3 Å². The molecular weight excluding hydrogens is 328 g/mol. The lowest BCUT2D eigenvalue weighted by Crippen LogP contribution is -2.27. The van der Waals surface area contributed by atoms with Gasteiger partial charge in [0.1, 0.15) is 5.56 Å². The third-order valence-electron chi connectivity index (χ3n) is 3.22. The van der Waals surface area contributed by atoms with Gasteiger partial charge in [-0.25, -0.2) is 4.98 Å². The fraction of sp³-hybridized carbons (Fsp3) is 0.375. The van der Waals surface area contributed by atoms with Crippen LogP contribution in [-0.4, -0.2) is 28.3 Å². The van der Waals surface area contributed by atoms with Gasteiger partial charge in [0.2, 0.25) is 5.91 Å². The molecule has 0 aromatic carbocycles. The van der Waals surface area contributed by atoms with Crippen LogP contribution in [0.2, 0.25) is 0 Å². The molecule has 0 aliphatic heterocycles. The van der Waals surface area contributed by atoms with E-state index in [-0.39, 0.29) is 17.9 Å². The minimum atomic E-state index is -0.529. The SMILES string of the molecule is CC(C)CCNC(=O)Cc1csc(NC(=O)c2ccc[nH]c2=O)n1. The minimum Gasteiger partial charge on any atom is -0.356 e. The number of nitrogens with zero attached hydrogens (tertiary/aromatic N) is 1. The van der Waals surface area contributed by atoms with Crippen molar-refractivity contribution in [2.75, 3.05) is 11.9 Å². The molecule has 0 aliphatic carbocycles. The Morgan fingerprint density at radius 3 is 2.88 bits per heavy atom. The van der Waals surface area contributed by atoms with Crippen molar-refractivity contribution in [2.24, 2.45) is 5.92 Å². The first-order valence-corrected chi connectivity index (χ1v) is 8.54. The predicted octanol–water partition coefficient (Wildman–Crippen LogP) is 1.79. The molecule has 0 saturated carbocycles. The van der Waals surface area contributed by atoms with E-state index in [9.17, 15) is 14.4 Å². The standard InChI is InChI=1S/C16H20N4O3S/c1-10(2)5-7-17-13(21)8-11-9-24-16(19-11)20-15(23)12-4-3-6-18-14(12)22/h3-4,6,9-10H,5,7-8H2,1-2H3,(H,17,21)(H,18,22)(H,19,20,23). The fourth-order valence-electron chi connectivity index (χ4n) is 1.94. The third-order valence-corrected chi connectivity index (χ3v) is 4.03. The zero-order chi connectivity index (χ0) is 17.5. The molecule has 2 amide bonds. The lowest BCUT2D eigenvalue weighted by Gasteiger charge is -2.06. The first kappa shape index (κ1) is 17.9. The topological polar surface area (TPSA) is 104 Å². The van der Waals surface area contributed by atoms with Gasteiger partial charge in [0.15, 0.2) is 5.13 Å². The number of aromatic amines is 1. The van der Waals surface area contributed by atoms with Crippen molar-refractivity contribution in [1.82, 2.24) is 15.3 Å². The number of pyridine rings is 1. The van der Waals surface area contributed by atoms with Crippen LogP contribution in [0.15, 0.2) is 28.5 Å². The van der Waals surface area contributed by atoms with E-state index in [1.54, 1.807) is 11.4 Å². The highest BCUT2D eigenvalue weighted by atomic mass is 32.1. The quantitative estimate of drug-likeness (QED) is 0.709. The molecule has 0 unspecified atom stereocenters. The van der Waals surface area contributed by atoms with Gasteiger partial charge in [-0.05, 0) is 24.5 Å². The van der Waals surface area contributed by atoms with Crippen LogP contribution in [-0.2, 0) is 11.2 Å². The molecule has 0 aliphatic rings. The van der Waals surface area contributed by atoms with Crippen molar-refractivity contribution in [2.45, 2.75) is 26.7 Å². The van der Waals surface area contributed by atoms with Gasteiger partial charge in [-0.15, -0.1) is 11.3 Å². The molecular formula is C16H20N4O3S. The van der Waals surface area contributed by atoms with E-state index >= 15 is 0 Å². The average Bonchev–Trinajstić information content (AvgIpc) is 2.94. The molecule has 2 aromatic rings. The van der Waals surface area contributed by atoms with Crippen molar-refractivity contribution in [3.8, 4) is 0 Å². The summed E-state index contributed by atoms with van der Waals surface area (Å²) in [4.78, 5) is 42.0. The lowest BCUT2D eigenvalue weighted by molar-refractivity contribution is -0.120. The third kappa shape index (κ3) is 5.31. The van der Waals surface area contributed by atoms with E-state index in [0.29, 0.717) is 23.3 Å². The second kappa shape index (κ2) is 8.39. The summed E-state index contributed by atoms with van der Waals surface area (Å²) in [6, 6.07) is 3.01. The van der Waals surface area contributed by atoms with Crippen LogP contribution in [0.5, 0.6) is 0 Å². The average molecular weight is 348 g/mol. The van der Waals surface area contributed by atoms with E-state index in [0.717, 1.165) is 6.42 Å². The maximum absolute atomic E-state index is 12.0. The normalized spacial score (nSPS) is 10.6. The first-order chi connectivity index (χ1) is 11.5. The smallest absolute Gasteiger partial charge is 0.263 e. The number of nitrogens with one attached hydrogen (secondary N) is 3. The van der Waals surface area contributed by atoms with Gasteiger partial charge in [-0.1, -0.05) is 13.8 Å². The van der Waals surface area contributed by atoms with Crippen LogP contribution < -0.4 is 16.2 Å². The highest BCUT2D eigenvalue weighted by molar-refractivity contribution is 7.14. The van der Waals surface area contributed by atoms with E-state index in [4.69, 9.17) is 0 Å². The van der Waals surface area contributed by atoms with Crippen molar-refractivity contribution in [3.63, 3.8) is 0 Å². The lowest BCUT2D eigenvalue weighted by atomic mass is 10.1. The van der Waals surface area contributed by atoms with Crippen LogP contribution in [0, 0.1) is 5.92 Å². The largest absolute Gasteiger partial charge is 0.356 e. The zero-order valence-electron chi connectivity index (χ0n) is 13.6. The molecule has 2 heterocycles. The Morgan fingerprint density at radius 1 is 1.38 bits per heavy atom. The van der Waals surface area contributed by atoms with Crippen molar-refractivity contribution in [1.29, 1.82) is 0 Å². The van der Waals surface area contributed by atoms with Gasteiger partial charge in [0, 0.05) is 18.1 Å². The molecule has 2 rings (SSSR count). The molecule has 3 N–H and O–H groups in total. The van der Waals surface area contributed by atoms with Gasteiger partial charge in [-0.3, -0.25) is 19.7 Å². The van der Waals surface area contributed by atoms with Crippen LogP contribution in [0.4, 0.5) is 5.13 Å². The Hall–Kier alpha value is -2.48. The highest BCUT2D eigenvalue weighted by Crippen LogP contribution is 2.16. The predicted molar refractivity (Wildman–Crippen MR) is 93.3 cm³/mol. The summed E-state index contributed by atoms with van der Waals surface area (Å²) >= 11 is 1.21. The van der Waals surface area contributed by atoms with Gasteiger partial charge in [-0.2, -0.15) is 0 Å². The maximum Gasteiger partial charge on any atom is 0.263 e. The summed E-state index contributed by atoms with van der Waals surface area (Å²) in [5, 5.41) is 7.48. The fourth-order valence-corrected chi connectivity index (χ4v) is 2.64. The van der Waals surface area contributed by atoms with Gasteiger partial charge in [0.05, 0.1) is 12.1 Å². The summed E-state index contributed by atoms with van der Waals surface area (Å²) in [6.45, 7) is 4.83. The number of carbonyl (C=O) groups is 2. The Bertz CT molecular complexity index is 766. The Morgan fingerprint density at radius 2 is 2.17 bits per heavy atom. The molecule has 0 fully saturated rings. The molecule has 0 saturated heterocycles. The molecule has 0 spiro atoms. The number of carbonyl (C=O) groups excluding carboxylic acids is 2. The van der Waals surface area contributed by atoms with Crippen LogP contribution in [0.25, 0.3) is 0 Å². The number of thiazole rings is 1. The van der Waals surface area contributed by atoms with Crippen molar-refractivity contribution < 1.29 is 9.59 Å². The number of hydrogen-bond acceptors (Lipinski definition) is 5. The van der Waals surface area contributed by atoms with Gasteiger partial charge >= 0.3 is 0 Å². The molecule has 0 atom stereocenters. The summed E-state index contributed by atoms with van der Waals surface area (Å²) in [5.74, 6) is -0.0926. The molecule has 0 bridgehead atoms. The van der Waals surface area contributed by atoms with Gasteiger partial charge < -0.3 is 10.3 Å². The number of rotatable bonds is 7. The molecule has 7 nitrogen and oxygen atoms in total. The van der Waals surface area contributed by atoms with E-state index in [2.05, 4.69) is 34.4 Å². The molecule has 24 heavy (non-hydrogen) atoms.